The lowest BCUT2D eigenvalue weighted by Gasteiger charge is -2.10. The van der Waals surface area contributed by atoms with Crippen molar-refractivity contribution in [2.75, 3.05) is 0 Å². The Bertz CT molecular complexity index is 329. The lowest BCUT2D eigenvalue weighted by molar-refractivity contribution is -0.132. The van der Waals surface area contributed by atoms with Gasteiger partial charge in [0.2, 0.25) is 0 Å². The summed E-state index contributed by atoms with van der Waals surface area (Å²) in [6, 6.07) is -0.420. The minimum absolute atomic E-state index is 0.414. The van der Waals surface area contributed by atoms with Crippen LogP contribution in [0.5, 0.6) is 0 Å². The van der Waals surface area contributed by atoms with Crippen molar-refractivity contribution in [3.05, 3.63) is 11.8 Å². The highest BCUT2D eigenvalue weighted by molar-refractivity contribution is 6.21. The zero-order chi connectivity index (χ0) is 11.6. The number of carboxylic acids is 1. The standard InChI is InChI=1S/C8H9F3N2O2/c9-8(10,11)6(13-4-1-2-4)5(3-12)7(14)15/h3-4H,1-2,12H2,(H,14,15)/b5-3+,13-6?. The molecule has 0 spiro atoms. The Morgan fingerprint density at radius 1 is 1.47 bits per heavy atom. The number of hydrogen-bond donors (Lipinski definition) is 2. The number of aliphatic carboxylic acids is 1. The summed E-state index contributed by atoms with van der Waals surface area (Å²) in [6.45, 7) is 0. The first-order chi connectivity index (χ1) is 6.86. The number of aliphatic imine (C=N–C) groups is 1. The molecule has 0 atom stereocenters. The molecule has 0 heterocycles. The summed E-state index contributed by atoms with van der Waals surface area (Å²) in [4.78, 5) is 13.8. The molecule has 0 unspecified atom stereocenters. The van der Waals surface area contributed by atoms with E-state index in [1.54, 1.807) is 0 Å². The Balaban J connectivity index is 3.05. The van der Waals surface area contributed by atoms with Gasteiger partial charge in [-0.2, -0.15) is 13.2 Å². The fraction of sp³-hybridized carbons (Fsp3) is 0.500. The average Bonchev–Trinajstić information content (AvgIpc) is 2.85. The van der Waals surface area contributed by atoms with Gasteiger partial charge < -0.3 is 10.8 Å². The van der Waals surface area contributed by atoms with Gasteiger partial charge in [0.15, 0.2) is 5.71 Å². The number of alkyl halides is 3. The summed E-state index contributed by atoms with van der Waals surface area (Å²) in [5.74, 6) is -1.73. The van der Waals surface area contributed by atoms with Crippen molar-refractivity contribution < 1.29 is 23.1 Å². The molecule has 0 radical (unpaired) electrons. The molecule has 0 saturated heterocycles. The Hall–Kier alpha value is -1.53. The Morgan fingerprint density at radius 2 is 2.00 bits per heavy atom. The van der Waals surface area contributed by atoms with Crippen molar-refractivity contribution in [1.29, 1.82) is 0 Å². The van der Waals surface area contributed by atoms with Crippen LogP contribution >= 0.6 is 0 Å². The quantitative estimate of drug-likeness (QED) is 0.554. The fourth-order valence-corrected chi connectivity index (χ4v) is 0.933. The van der Waals surface area contributed by atoms with Gasteiger partial charge in [0.05, 0.1) is 6.04 Å². The molecule has 0 aliphatic heterocycles. The summed E-state index contributed by atoms with van der Waals surface area (Å²) in [5, 5.41) is 8.51. The SMILES string of the molecule is N/C=C(/C(=O)O)C(=NC1CC1)C(F)(F)F. The topological polar surface area (TPSA) is 75.7 Å². The minimum atomic E-state index is -4.79. The molecule has 84 valence electrons. The van der Waals surface area contributed by atoms with Crippen LogP contribution in [-0.2, 0) is 4.79 Å². The van der Waals surface area contributed by atoms with Gasteiger partial charge in [0, 0.05) is 6.20 Å². The molecule has 3 N–H and O–H groups in total. The highest BCUT2D eigenvalue weighted by atomic mass is 19.4. The third kappa shape index (κ3) is 2.97. The molecule has 0 aromatic heterocycles. The number of nitrogens with two attached hydrogens (primary N) is 1. The second-order valence-corrected chi connectivity index (χ2v) is 3.09. The van der Waals surface area contributed by atoms with Crippen molar-refractivity contribution >= 4 is 11.7 Å². The number of hydrogen-bond acceptors (Lipinski definition) is 3. The molecule has 0 aromatic rings. The van der Waals surface area contributed by atoms with Gasteiger partial charge in [-0.1, -0.05) is 0 Å². The summed E-state index contributed by atoms with van der Waals surface area (Å²) in [5.41, 5.74) is 2.44. The first kappa shape index (κ1) is 11.5. The third-order valence-electron chi connectivity index (χ3n) is 1.78. The van der Waals surface area contributed by atoms with Crippen molar-refractivity contribution in [2.45, 2.75) is 25.1 Å². The van der Waals surface area contributed by atoms with Crippen LogP contribution in [0.3, 0.4) is 0 Å². The summed E-state index contributed by atoms with van der Waals surface area (Å²) < 4.78 is 37.2. The predicted molar refractivity (Wildman–Crippen MR) is 46.4 cm³/mol. The van der Waals surface area contributed by atoms with E-state index in [-0.39, 0.29) is 0 Å². The molecule has 1 fully saturated rings. The zero-order valence-electron chi connectivity index (χ0n) is 7.58. The van der Waals surface area contributed by atoms with Crippen molar-refractivity contribution in [3.8, 4) is 0 Å². The molecule has 4 nitrogen and oxygen atoms in total. The molecule has 1 aliphatic carbocycles. The van der Waals surface area contributed by atoms with Gasteiger partial charge in [-0.3, -0.25) is 4.99 Å². The van der Waals surface area contributed by atoms with Crippen LogP contribution in [0.2, 0.25) is 0 Å². The van der Waals surface area contributed by atoms with Crippen molar-refractivity contribution in [1.82, 2.24) is 0 Å². The lowest BCUT2D eigenvalue weighted by atomic mass is 10.1. The highest BCUT2D eigenvalue weighted by Crippen LogP contribution is 2.29. The smallest absolute Gasteiger partial charge is 0.433 e. The molecule has 0 amide bonds. The van der Waals surface area contributed by atoms with E-state index in [9.17, 15) is 18.0 Å². The second kappa shape index (κ2) is 3.92. The molecular formula is C8H9F3N2O2. The van der Waals surface area contributed by atoms with E-state index in [4.69, 9.17) is 10.8 Å². The maximum atomic E-state index is 12.4. The van der Waals surface area contributed by atoms with Crippen LogP contribution < -0.4 is 5.73 Å². The van der Waals surface area contributed by atoms with E-state index >= 15 is 0 Å². The highest BCUT2D eigenvalue weighted by Gasteiger charge is 2.41. The van der Waals surface area contributed by atoms with Crippen molar-refractivity contribution in [3.63, 3.8) is 0 Å². The molecule has 15 heavy (non-hydrogen) atoms. The van der Waals surface area contributed by atoms with E-state index < -0.39 is 29.5 Å². The van der Waals surface area contributed by atoms with Crippen LogP contribution in [0.1, 0.15) is 12.8 Å². The number of nitrogens with zero attached hydrogens (tertiary/aromatic N) is 1. The van der Waals surface area contributed by atoms with Crippen LogP contribution in [0.15, 0.2) is 16.8 Å². The largest absolute Gasteiger partial charge is 0.478 e. The molecule has 7 heteroatoms. The zero-order valence-corrected chi connectivity index (χ0v) is 7.58. The molecule has 1 saturated carbocycles. The minimum Gasteiger partial charge on any atom is -0.478 e. The van der Waals surface area contributed by atoms with E-state index in [1.165, 1.54) is 0 Å². The van der Waals surface area contributed by atoms with Gasteiger partial charge in [-0.25, -0.2) is 4.79 Å². The molecule has 1 rings (SSSR count). The average molecular weight is 222 g/mol. The van der Waals surface area contributed by atoms with Crippen LogP contribution in [0.25, 0.3) is 0 Å². The molecular weight excluding hydrogens is 213 g/mol. The summed E-state index contributed by atoms with van der Waals surface area (Å²) in [6.07, 6.45) is -3.27. The van der Waals surface area contributed by atoms with Crippen LogP contribution in [0.4, 0.5) is 13.2 Å². The number of carbonyl (C=O) groups is 1. The normalized spacial score (nSPS) is 19.1. The summed E-state index contributed by atoms with van der Waals surface area (Å²) >= 11 is 0. The Labute approximate surface area is 83.3 Å². The predicted octanol–water partition coefficient (Wildman–Crippen LogP) is 1.08. The fourth-order valence-electron chi connectivity index (χ4n) is 0.933. The number of carboxylic acid groups (broad SMARTS) is 1. The lowest BCUT2D eigenvalue weighted by Crippen LogP contribution is -2.29. The molecule has 1 aliphatic rings. The van der Waals surface area contributed by atoms with E-state index in [0.717, 1.165) is 0 Å². The maximum Gasteiger partial charge on any atom is 0.433 e. The first-order valence-corrected chi connectivity index (χ1v) is 4.16. The third-order valence-corrected chi connectivity index (χ3v) is 1.78. The Morgan fingerprint density at radius 3 is 2.27 bits per heavy atom. The van der Waals surface area contributed by atoms with Crippen LogP contribution in [0, 0.1) is 0 Å². The number of rotatable bonds is 3. The van der Waals surface area contributed by atoms with E-state index in [1.807, 2.05) is 0 Å². The maximum absolute atomic E-state index is 12.4. The monoisotopic (exact) mass is 222 g/mol. The first-order valence-electron chi connectivity index (χ1n) is 4.16. The second-order valence-electron chi connectivity index (χ2n) is 3.09. The number of halogens is 3. The van der Waals surface area contributed by atoms with Gasteiger partial charge in [-0.05, 0) is 12.8 Å². The van der Waals surface area contributed by atoms with Gasteiger partial charge >= 0.3 is 12.1 Å². The Kier molecular flexibility index (Phi) is 3.01. The van der Waals surface area contributed by atoms with E-state index in [2.05, 4.69) is 4.99 Å². The van der Waals surface area contributed by atoms with Gasteiger partial charge in [0.1, 0.15) is 5.57 Å². The molecule has 0 bridgehead atoms. The van der Waals surface area contributed by atoms with Gasteiger partial charge in [0.25, 0.3) is 0 Å². The van der Waals surface area contributed by atoms with Gasteiger partial charge in [-0.15, -0.1) is 0 Å². The van der Waals surface area contributed by atoms with Crippen LogP contribution in [-0.4, -0.2) is 29.0 Å². The summed E-state index contributed by atoms with van der Waals surface area (Å²) in [7, 11) is 0. The van der Waals surface area contributed by atoms with E-state index in [0.29, 0.717) is 19.0 Å². The molecule has 0 aromatic carbocycles. The van der Waals surface area contributed by atoms with Crippen molar-refractivity contribution in [2.24, 2.45) is 10.7 Å².